The van der Waals surface area contributed by atoms with Gasteiger partial charge in [-0.05, 0) is 43.0 Å². The van der Waals surface area contributed by atoms with Crippen LogP contribution in [0.5, 0.6) is 0 Å². The molecule has 1 unspecified atom stereocenters. The van der Waals surface area contributed by atoms with Gasteiger partial charge < -0.3 is 15.0 Å². The molecule has 0 saturated carbocycles. The second-order valence-electron chi connectivity index (χ2n) is 6.70. The van der Waals surface area contributed by atoms with Crippen molar-refractivity contribution in [1.82, 2.24) is 18.6 Å². The molecule has 3 aromatic rings. The number of piperidine rings is 1. The molecule has 0 aliphatic carbocycles. The van der Waals surface area contributed by atoms with Gasteiger partial charge in [0.2, 0.25) is 0 Å². The number of carbonyl (C=O) groups excluding carboxylic acids is 1. The molecule has 2 aromatic heterocycles. The number of anilines is 1. The number of amides is 2. The van der Waals surface area contributed by atoms with Gasteiger partial charge in [0, 0.05) is 25.5 Å². The van der Waals surface area contributed by atoms with Gasteiger partial charge >= 0.3 is 6.03 Å². The van der Waals surface area contributed by atoms with Crippen molar-refractivity contribution in [3.8, 4) is 0 Å². The van der Waals surface area contributed by atoms with Crippen molar-refractivity contribution in [1.29, 1.82) is 0 Å². The van der Waals surface area contributed by atoms with Gasteiger partial charge in [-0.3, -0.25) is 4.98 Å². The molecule has 0 bridgehead atoms. The quantitative estimate of drug-likeness (QED) is 0.744. The van der Waals surface area contributed by atoms with Gasteiger partial charge in [-0.25, -0.2) is 4.79 Å². The average Bonchev–Trinajstić information content (AvgIpc) is 3.18. The Morgan fingerprint density at radius 2 is 2.30 bits per heavy atom. The zero-order valence-electron chi connectivity index (χ0n) is 15.1. The summed E-state index contributed by atoms with van der Waals surface area (Å²) in [6.07, 6.45) is 5.46. The van der Waals surface area contributed by atoms with Crippen LogP contribution in [0.4, 0.5) is 10.5 Å². The van der Waals surface area contributed by atoms with Crippen LogP contribution in [-0.4, -0.2) is 43.9 Å². The minimum absolute atomic E-state index is 0.0301. The number of urea groups is 1. The Labute approximate surface area is 161 Å². The highest BCUT2D eigenvalue weighted by Gasteiger charge is 2.25. The Balaban J connectivity index is 1.39. The molecule has 1 atom stereocenters. The van der Waals surface area contributed by atoms with E-state index in [-0.39, 0.29) is 12.1 Å². The van der Waals surface area contributed by atoms with Gasteiger partial charge in [-0.1, -0.05) is 12.1 Å². The highest BCUT2D eigenvalue weighted by atomic mass is 32.1. The molecule has 1 fully saturated rings. The van der Waals surface area contributed by atoms with Crippen LogP contribution in [0.15, 0.2) is 36.7 Å². The second kappa shape index (κ2) is 7.98. The summed E-state index contributed by atoms with van der Waals surface area (Å²) >= 11 is 1.15. The summed E-state index contributed by atoms with van der Waals surface area (Å²) < 4.78 is 14.6. The maximum Gasteiger partial charge on any atom is 0.322 e. The highest BCUT2D eigenvalue weighted by molar-refractivity contribution is 7.00. The largest absolute Gasteiger partial charge is 0.372 e. The normalized spacial score (nSPS) is 17.2. The minimum atomic E-state index is -0.117. The van der Waals surface area contributed by atoms with Crippen LogP contribution < -0.4 is 5.32 Å². The topological polar surface area (TPSA) is 80.2 Å². The van der Waals surface area contributed by atoms with E-state index in [0.717, 1.165) is 59.0 Å². The van der Waals surface area contributed by atoms with Crippen molar-refractivity contribution in [3.05, 3.63) is 47.8 Å². The Hall–Kier alpha value is -2.58. The van der Waals surface area contributed by atoms with Crippen LogP contribution in [0.25, 0.3) is 11.0 Å². The van der Waals surface area contributed by atoms with E-state index in [0.29, 0.717) is 13.2 Å². The van der Waals surface area contributed by atoms with Crippen LogP contribution in [0.1, 0.15) is 24.0 Å². The van der Waals surface area contributed by atoms with E-state index in [4.69, 9.17) is 4.74 Å². The fourth-order valence-corrected chi connectivity index (χ4v) is 3.79. The zero-order chi connectivity index (χ0) is 18.6. The number of aryl methyl sites for hydroxylation is 1. The molecule has 8 heteroatoms. The summed E-state index contributed by atoms with van der Waals surface area (Å²) in [4.78, 5) is 18.7. The maximum atomic E-state index is 12.8. The first-order valence-electron chi connectivity index (χ1n) is 8.99. The predicted molar refractivity (Wildman–Crippen MR) is 105 cm³/mol. The summed E-state index contributed by atoms with van der Waals surface area (Å²) in [5.41, 5.74) is 4.30. The lowest BCUT2D eigenvalue weighted by Crippen LogP contribution is -2.45. The molecular formula is C19H21N5O2S. The first-order valence-corrected chi connectivity index (χ1v) is 9.72. The number of carbonyl (C=O) groups is 1. The third-order valence-corrected chi connectivity index (χ3v) is 5.28. The predicted octanol–water partition coefficient (Wildman–Crippen LogP) is 3.61. The average molecular weight is 383 g/mol. The second-order valence-corrected chi connectivity index (χ2v) is 7.23. The van der Waals surface area contributed by atoms with Crippen molar-refractivity contribution >= 4 is 34.5 Å². The van der Waals surface area contributed by atoms with E-state index in [1.54, 1.807) is 12.4 Å². The monoisotopic (exact) mass is 383 g/mol. The summed E-state index contributed by atoms with van der Waals surface area (Å²) in [5, 5.41) is 3.03. The molecule has 27 heavy (non-hydrogen) atoms. The zero-order valence-corrected chi connectivity index (χ0v) is 15.9. The number of aromatic nitrogens is 3. The number of hydrogen-bond donors (Lipinski definition) is 1. The van der Waals surface area contributed by atoms with E-state index < -0.39 is 0 Å². The summed E-state index contributed by atoms with van der Waals surface area (Å²) in [7, 11) is 0. The first kappa shape index (κ1) is 17.8. The number of likely N-dealkylation sites (tertiary alicyclic amines) is 1. The number of hydrogen-bond acceptors (Lipinski definition) is 6. The number of nitrogens with zero attached hydrogens (tertiary/aromatic N) is 4. The van der Waals surface area contributed by atoms with Crippen molar-refractivity contribution in [2.75, 3.05) is 18.4 Å². The SMILES string of the molecule is Cc1ccc2nsnc2c1NC(=O)N1CCCC(OCc2cccnc2)C1. The Kier molecular flexibility index (Phi) is 5.26. The Bertz CT molecular complexity index is 930. The van der Waals surface area contributed by atoms with Crippen molar-refractivity contribution in [2.45, 2.75) is 32.5 Å². The Morgan fingerprint density at radius 1 is 1.37 bits per heavy atom. The van der Waals surface area contributed by atoms with Gasteiger partial charge in [-0.2, -0.15) is 8.75 Å². The number of ether oxygens (including phenoxy) is 1. The lowest BCUT2D eigenvalue weighted by atomic mass is 10.1. The Morgan fingerprint density at radius 3 is 3.15 bits per heavy atom. The van der Waals surface area contributed by atoms with E-state index in [1.807, 2.05) is 36.1 Å². The molecule has 3 heterocycles. The number of nitrogens with one attached hydrogen (secondary N) is 1. The van der Waals surface area contributed by atoms with Gasteiger partial charge in [0.1, 0.15) is 11.0 Å². The number of benzene rings is 1. The van der Waals surface area contributed by atoms with Crippen LogP contribution in [-0.2, 0) is 11.3 Å². The third kappa shape index (κ3) is 4.06. The van der Waals surface area contributed by atoms with Gasteiger partial charge in [0.15, 0.2) is 0 Å². The molecule has 7 nitrogen and oxygen atoms in total. The molecule has 1 aromatic carbocycles. The van der Waals surface area contributed by atoms with Crippen LogP contribution in [0.3, 0.4) is 0 Å². The minimum Gasteiger partial charge on any atom is -0.372 e. The lowest BCUT2D eigenvalue weighted by Gasteiger charge is -2.32. The molecule has 0 radical (unpaired) electrons. The van der Waals surface area contributed by atoms with Gasteiger partial charge in [0.25, 0.3) is 0 Å². The van der Waals surface area contributed by atoms with Crippen molar-refractivity contribution < 1.29 is 9.53 Å². The molecule has 1 aliphatic heterocycles. The smallest absolute Gasteiger partial charge is 0.322 e. The number of fused-ring (bicyclic) bond motifs is 1. The maximum absolute atomic E-state index is 12.8. The summed E-state index contributed by atoms with van der Waals surface area (Å²) in [5.74, 6) is 0. The fourth-order valence-electron chi connectivity index (χ4n) is 3.25. The third-order valence-electron chi connectivity index (χ3n) is 4.74. The van der Waals surface area contributed by atoms with Crippen molar-refractivity contribution in [3.63, 3.8) is 0 Å². The summed E-state index contributed by atoms with van der Waals surface area (Å²) in [6, 6.07) is 7.65. The first-order chi connectivity index (χ1) is 13.2. The molecule has 1 aliphatic rings. The number of pyridine rings is 1. The molecular weight excluding hydrogens is 362 g/mol. The van der Waals surface area contributed by atoms with E-state index in [1.165, 1.54) is 0 Å². The van der Waals surface area contributed by atoms with Crippen LogP contribution >= 0.6 is 11.7 Å². The molecule has 4 rings (SSSR count). The van der Waals surface area contributed by atoms with E-state index >= 15 is 0 Å². The van der Waals surface area contributed by atoms with Gasteiger partial charge in [0.05, 0.1) is 30.1 Å². The van der Waals surface area contributed by atoms with E-state index in [9.17, 15) is 4.79 Å². The standard InChI is InChI=1S/C19H21N5O2S/c1-13-6-7-16-18(23-27-22-16)17(13)21-19(25)24-9-3-5-15(11-24)26-12-14-4-2-8-20-10-14/h2,4,6-8,10,15H,3,5,9,11-12H2,1H3,(H,21,25). The van der Waals surface area contributed by atoms with Gasteiger partial charge in [-0.15, -0.1) is 0 Å². The number of rotatable bonds is 4. The van der Waals surface area contributed by atoms with Crippen molar-refractivity contribution in [2.24, 2.45) is 0 Å². The summed E-state index contributed by atoms with van der Waals surface area (Å²) in [6.45, 7) is 3.78. The molecule has 1 saturated heterocycles. The highest BCUT2D eigenvalue weighted by Crippen LogP contribution is 2.26. The van der Waals surface area contributed by atoms with Crippen LogP contribution in [0, 0.1) is 6.92 Å². The van der Waals surface area contributed by atoms with Crippen LogP contribution in [0.2, 0.25) is 0 Å². The lowest BCUT2D eigenvalue weighted by molar-refractivity contribution is 0.000918. The molecule has 2 amide bonds. The van der Waals surface area contributed by atoms with E-state index in [2.05, 4.69) is 19.0 Å². The molecule has 140 valence electrons. The molecule has 1 N–H and O–H groups in total. The fraction of sp³-hybridized carbons (Fsp3) is 0.368. The molecule has 0 spiro atoms.